The molecule has 0 amide bonds. The summed E-state index contributed by atoms with van der Waals surface area (Å²) in [5.41, 5.74) is 12.0. The van der Waals surface area contributed by atoms with E-state index in [-0.39, 0.29) is 18.2 Å². The van der Waals surface area contributed by atoms with Crippen LogP contribution in [-0.4, -0.2) is 24.8 Å². The minimum absolute atomic E-state index is 0.151. The van der Waals surface area contributed by atoms with Crippen molar-refractivity contribution in [1.82, 2.24) is 0 Å². The van der Waals surface area contributed by atoms with E-state index in [1.54, 1.807) is 0 Å². The number of rotatable bonds is 10. The second-order valence-corrected chi connectivity index (χ2v) is 6.12. The molecule has 1 saturated carbocycles. The number of nitrogens with two attached hydrogens (primary N) is 2. The van der Waals surface area contributed by atoms with E-state index in [0.29, 0.717) is 0 Å². The predicted octanol–water partition coefficient (Wildman–Crippen LogP) is 3.35. The van der Waals surface area contributed by atoms with Crippen molar-refractivity contribution < 1.29 is 4.74 Å². The van der Waals surface area contributed by atoms with Gasteiger partial charge in [-0.2, -0.15) is 0 Å². The molecular weight excluding hydrogens is 236 g/mol. The fourth-order valence-corrected chi connectivity index (χ4v) is 2.89. The molecule has 3 unspecified atom stereocenters. The summed E-state index contributed by atoms with van der Waals surface area (Å²) in [7, 11) is 0. The van der Waals surface area contributed by atoms with E-state index in [9.17, 15) is 0 Å². The van der Waals surface area contributed by atoms with Gasteiger partial charge in [-0.05, 0) is 25.7 Å². The van der Waals surface area contributed by atoms with Crippen LogP contribution in [0.4, 0.5) is 0 Å². The molecule has 1 aliphatic rings. The van der Waals surface area contributed by atoms with Gasteiger partial charge >= 0.3 is 0 Å². The van der Waals surface area contributed by atoms with E-state index < -0.39 is 0 Å². The summed E-state index contributed by atoms with van der Waals surface area (Å²) in [4.78, 5) is 0. The lowest BCUT2D eigenvalue weighted by Crippen LogP contribution is -2.46. The highest BCUT2D eigenvalue weighted by atomic mass is 16.5. The zero-order valence-corrected chi connectivity index (χ0v) is 12.8. The fraction of sp³-hybridized carbons (Fsp3) is 1.00. The second kappa shape index (κ2) is 10.6. The van der Waals surface area contributed by atoms with Crippen LogP contribution in [0.2, 0.25) is 0 Å². The Kier molecular flexibility index (Phi) is 9.48. The standard InChI is InChI=1S/C16H34N2O/c1-2-3-4-5-6-7-8-9-12-19-16-11-10-14(17)13-15(16)18/h14-16H,2-13,17-18H2,1H3. The van der Waals surface area contributed by atoms with Crippen LogP contribution in [0.3, 0.4) is 0 Å². The quantitative estimate of drug-likeness (QED) is 0.598. The second-order valence-electron chi connectivity index (χ2n) is 6.12. The first-order chi connectivity index (χ1) is 9.24. The maximum atomic E-state index is 6.07. The van der Waals surface area contributed by atoms with Gasteiger partial charge in [-0.15, -0.1) is 0 Å². The van der Waals surface area contributed by atoms with Gasteiger partial charge in [0.25, 0.3) is 0 Å². The number of ether oxygens (including phenoxy) is 1. The van der Waals surface area contributed by atoms with E-state index >= 15 is 0 Å². The highest BCUT2D eigenvalue weighted by molar-refractivity contribution is 4.85. The summed E-state index contributed by atoms with van der Waals surface area (Å²) in [6.07, 6.45) is 14.0. The van der Waals surface area contributed by atoms with Crippen molar-refractivity contribution in [2.24, 2.45) is 11.5 Å². The minimum Gasteiger partial charge on any atom is -0.377 e. The molecule has 3 atom stereocenters. The molecular formula is C16H34N2O. The van der Waals surface area contributed by atoms with Crippen molar-refractivity contribution in [2.45, 2.75) is 95.7 Å². The maximum absolute atomic E-state index is 6.07. The number of hydrogen-bond donors (Lipinski definition) is 2. The van der Waals surface area contributed by atoms with Gasteiger partial charge in [0.15, 0.2) is 0 Å². The van der Waals surface area contributed by atoms with Gasteiger partial charge in [0.05, 0.1) is 6.10 Å². The summed E-state index contributed by atoms with van der Waals surface area (Å²) in [5, 5.41) is 0. The van der Waals surface area contributed by atoms with Crippen LogP contribution < -0.4 is 11.5 Å². The fourth-order valence-electron chi connectivity index (χ4n) is 2.89. The SMILES string of the molecule is CCCCCCCCCCOC1CCC(N)CC1N. The average Bonchev–Trinajstić information content (AvgIpc) is 2.39. The van der Waals surface area contributed by atoms with E-state index in [1.165, 1.54) is 51.4 Å². The number of unbranched alkanes of at least 4 members (excludes halogenated alkanes) is 7. The van der Waals surface area contributed by atoms with Crippen LogP contribution in [-0.2, 0) is 4.74 Å². The number of hydrogen-bond acceptors (Lipinski definition) is 3. The largest absolute Gasteiger partial charge is 0.377 e. The van der Waals surface area contributed by atoms with Gasteiger partial charge in [0.1, 0.15) is 0 Å². The summed E-state index contributed by atoms with van der Waals surface area (Å²) >= 11 is 0. The van der Waals surface area contributed by atoms with E-state index in [0.717, 1.165) is 25.9 Å². The topological polar surface area (TPSA) is 61.3 Å². The molecule has 0 radical (unpaired) electrons. The third-order valence-corrected chi connectivity index (χ3v) is 4.20. The smallest absolute Gasteiger partial charge is 0.0727 e. The predicted molar refractivity (Wildman–Crippen MR) is 82.2 cm³/mol. The zero-order chi connectivity index (χ0) is 13.9. The van der Waals surface area contributed by atoms with Gasteiger partial charge in [0.2, 0.25) is 0 Å². The van der Waals surface area contributed by atoms with Crippen LogP contribution in [0.25, 0.3) is 0 Å². The third kappa shape index (κ3) is 7.91. The first kappa shape index (κ1) is 16.9. The van der Waals surface area contributed by atoms with Crippen LogP contribution in [0.1, 0.15) is 77.6 Å². The van der Waals surface area contributed by atoms with Crippen LogP contribution in [0.15, 0.2) is 0 Å². The average molecular weight is 270 g/mol. The Morgan fingerprint density at radius 2 is 1.53 bits per heavy atom. The van der Waals surface area contributed by atoms with Gasteiger partial charge < -0.3 is 16.2 Å². The zero-order valence-electron chi connectivity index (χ0n) is 12.8. The first-order valence-corrected chi connectivity index (χ1v) is 8.36. The van der Waals surface area contributed by atoms with Gasteiger partial charge in [-0.25, -0.2) is 0 Å². The van der Waals surface area contributed by atoms with Gasteiger partial charge in [-0.1, -0.05) is 51.9 Å². The van der Waals surface area contributed by atoms with Crippen molar-refractivity contribution >= 4 is 0 Å². The highest BCUT2D eigenvalue weighted by Crippen LogP contribution is 2.19. The van der Waals surface area contributed by atoms with E-state index in [1.807, 2.05) is 0 Å². The lowest BCUT2D eigenvalue weighted by molar-refractivity contribution is 0.00978. The molecule has 1 rings (SSSR count). The lowest BCUT2D eigenvalue weighted by atomic mass is 9.89. The molecule has 1 fully saturated rings. The van der Waals surface area contributed by atoms with Crippen molar-refractivity contribution in [2.75, 3.05) is 6.61 Å². The van der Waals surface area contributed by atoms with Crippen LogP contribution in [0, 0.1) is 0 Å². The molecule has 0 aromatic heterocycles. The monoisotopic (exact) mass is 270 g/mol. The normalized spacial score (nSPS) is 27.6. The van der Waals surface area contributed by atoms with Crippen molar-refractivity contribution in [3.63, 3.8) is 0 Å². The van der Waals surface area contributed by atoms with Crippen molar-refractivity contribution in [3.8, 4) is 0 Å². The van der Waals surface area contributed by atoms with Gasteiger partial charge in [0, 0.05) is 18.7 Å². The molecule has 0 bridgehead atoms. The van der Waals surface area contributed by atoms with Gasteiger partial charge in [-0.3, -0.25) is 0 Å². The molecule has 3 heteroatoms. The Morgan fingerprint density at radius 1 is 0.895 bits per heavy atom. The van der Waals surface area contributed by atoms with E-state index in [4.69, 9.17) is 16.2 Å². The Balaban J connectivity index is 1.88. The van der Waals surface area contributed by atoms with Crippen LogP contribution in [0.5, 0.6) is 0 Å². The summed E-state index contributed by atoms with van der Waals surface area (Å²) in [5.74, 6) is 0. The molecule has 1 aliphatic carbocycles. The molecule has 0 aliphatic heterocycles. The Labute approximate surface area is 119 Å². The molecule has 4 N–H and O–H groups in total. The molecule has 0 spiro atoms. The molecule has 0 heterocycles. The van der Waals surface area contributed by atoms with E-state index in [2.05, 4.69) is 6.92 Å². The molecule has 0 aromatic rings. The van der Waals surface area contributed by atoms with Crippen molar-refractivity contribution in [1.29, 1.82) is 0 Å². The molecule has 19 heavy (non-hydrogen) atoms. The van der Waals surface area contributed by atoms with Crippen LogP contribution >= 0.6 is 0 Å². The Hall–Kier alpha value is -0.120. The molecule has 0 aromatic carbocycles. The Bertz CT molecular complexity index is 211. The molecule has 0 saturated heterocycles. The summed E-state index contributed by atoms with van der Waals surface area (Å²) < 4.78 is 5.91. The first-order valence-electron chi connectivity index (χ1n) is 8.36. The lowest BCUT2D eigenvalue weighted by Gasteiger charge is -2.32. The Morgan fingerprint density at radius 3 is 2.16 bits per heavy atom. The molecule has 114 valence electrons. The summed E-state index contributed by atoms with van der Waals surface area (Å²) in [6.45, 7) is 3.14. The maximum Gasteiger partial charge on any atom is 0.0727 e. The van der Waals surface area contributed by atoms with Crippen molar-refractivity contribution in [3.05, 3.63) is 0 Å². The summed E-state index contributed by atoms with van der Waals surface area (Å²) in [6, 6.07) is 0.441. The third-order valence-electron chi connectivity index (χ3n) is 4.20. The molecule has 3 nitrogen and oxygen atoms in total. The highest BCUT2D eigenvalue weighted by Gasteiger charge is 2.26. The minimum atomic E-state index is 0.151.